The van der Waals surface area contributed by atoms with Crippen LogP contribution in [0.1, 0.15) is 5.56 Å². The number of aromatic nitrogens is 3. The molecule has 0 bridgehead atoms. The summed E-state index contributed by atoms with van der Waals surface area (Å²) >= 11 is 3.29. The molecule has 1 aromatic carbocycles. The van der Waals surface area contributed by atoms with Crippen LogP contribution in [-0.2, 0) is 17.8 Å². The lowest BCUT2D eigenvalue weighted by Gasteiger charge is -2.08. The molecule has 128 valence electrons. The predicted molar refractivity (Wildman–Crippen MR) is 98.7 cm³/mol. The number of hydrogen-bond acceptors (Lipinski definition) is 3. The molecule has 0 atom stereocenters. The highest BCUT2D eigenvalue weighted by atomic mass is 79.9. The van der Waals surface area contributed by atoms with Crippen LogP contribution in [0.4, 0.5) is 0 Å². The Hall–Kier alpha value is -2.67. The number of amides is 1. The predicted octanol–water partition coefficient (Wildman–Crippen LogP) is 2.16. The summed E-state index contributed by atoms with van der Waals surface area (Å²) in [6, 6.07) is 13.0. The Bertz CT molecular complexity index is 902. The topological polar surface area (TPSA) is 68.9 Å². The molecule has 0 aliphatic carbocycles. The van der Waals surface area contributed by atoms with Crippen LogP contribution in [0, 0.1) is 0 Å². The van der Waals surface area contributed by atoms with Crippen molar-refractivity contribution in [2.75, 3.05) is 6.54 Å². The third-order valence-electron chi connectivity index (χ3n) is 3.70. The van der Waals surface area contributed by atoms with Crippen molar-refractivity contribution in [2.24, 2.45) is 0 Å². The second-order valence-electron chi connectivity index (χ2n) is 5.53. The second kappa shape index (κ2) is 7.94. The molecule has 0 saturated heterocycles. The second-order valence-corrected chi connectivity index (χ2v) is 6.45. The summed E-state index contributed by atoms with van der Waals surface area (Å²) in [6.07, 6.45) is 5.95. The van der Waals surface area contributed by atoms with Crippen molar-refractivity contribution >= 4 is 21.8 Å². The minimum absolute atomic E-state index is 0.0104. The van der Waals surface area contributed by atoms with E-state index in [4.69, 9.17) is 0 Å². The summed E-state index contributed by atoms with van der Waals surface area (Å²) in [6.45, 7) is 0.527. The molecule has 0 radical (unpaired) electrons. The number of nitrogens with zero attached hydrogens (tertiary/aromatic N) is 3. The van der Waals surface area contributed by atoms with Crippen LogP contribution in [0.15, 0.2) is 70.3 Å². The van der Waals surface area contributed by atoms with Crippen LogP contribution in [0.25, 0.3) is 5.69 Å². The third kappa shape index (κ3) is 4.67. The van der Waals surface area contributed by atoms with Crippen molar-refractivity contribution in [2.45, 2.75) is 13.0 Å². The van der Waals surface area contributed by atoms with Crippen LogP contribution >= 0.6 is 15.9 Å². The molecule has 1 amide bonds. The van der Waals surface area contributed by atoms with E-state index < -0.39 is 0 Å². The largest absolute Gasteiger partial charge is 0.354 e. The van der Waals surface area contributed by atoms with Gasteiger partial charge < -0.3 is 9.88 Å². The summed E-state index contributed by atoms with van der Waals surface area (Å²) in [7, 11) is 0. The Balaban J connectivity index is 1.50. The minimum atomic E-state index is -0.201. The Morgan fingerprint density at radius 1 is 1.16 bits per heavy atom. The molecule has 3 aromatic rings. The molecule has 1 N–H and O–H groups in total. The number of carbonyl (C=O) groups excluding carboxylic acids is 1. The quantitative estimate of drug-likeness (QED) is 0.689. The van der Waals surface area contributed by atoms with Crippen molar-refractivity contribution < 1.29 is 4.79 Å². The third-order valence-corrected chi connectivity index (χ3v) is 4.17. The zero-order valence-electron chi connectivity index (χ0n) is 13.4. The summed E-state index contributed by atoms with van der Waals surface area (Å²) in [5.74, 6) is -0.187. The SMILES string of the molecule is O=C(Cn1cc(Br)ccc1=O)NCCc1ccc(-n2cccn2)cc1. The van der Waals surface area contributed by atoms with Gasteiger partial charge in [0.15, 0.2) is 0 Å². The molecular weight excluding hydrogens is 384 g/mol. The normalized spacial score (nSPS) is 10.6. The van der Waals surface area contributed by atoms with E-state index in [2.05, 4.69) is 26.3 Å². The fraction of sp³-hybridized carbons (Fsp3) is 0.167. The van der Waals surface area contributed by atoms with E-state index in [1.54, 1.807) is 23.1 Å². The van der Waals surface area contributed by atoms with Crippen LogP contribution in [-0.4, -0.2) is 26.8 Å². The van der Waals surface area contributed by atoms with Gasteiger partial charge in [0.25, 0.3) is 5.56 Å². The monoisotopic (exact) mass is 400 g/mol. The first-order chi connectivity index (χ1) is 12.1. The standard InChI is InChI=1S/C18H17BrN4O2/c19-15-4-7-18(25)22(12-15)13-17(24)20-10-8-14-2-5-16(6-3-14)23-11-1-9-21-23/h1-7,9,11-12H,8,10,13H2,(H,20,24). The highest BCUT2D eigenvalue weighted by Crippen LogP contribution is 2.09. The summed E-state index contributed by atoms with van der Waals surface area (Å²) in [5, 5.41) is 7.02. The maximum atomic E-state index is 12.0. The maximum absolute atomic E-state index is 12.0. The molecule has 0 spiro atoms. The van der Waals surface area contributed by atoms with E-state index in [9.17, 15) is 9.59 Å². The number of carbonyl (C=O) groups is 1. The van der Waals surface area contributed by atoms with Gasteiger partial charge in [-0.15, -0.1) is 0 Å². The van der Waals surface area contributed by atoms with E-state index in [-0.39, 0.29) is 18.0 Å². The molecular formula is C18H17BrN4O2. The first-order valence-corrected chi connectivity index (χ1v) is 8.63. The van der Waals surface area contributed by atoms with E-state index in [1.165, 1.54) is 10.6 Å². The summed E-state index contributed by atoms with van der Waals surface area (Å²) in [4.78, 5) is 23.7. The lowest BCUT2D eigenvalue weighted by atomic mass is 10.1. The molecule has 2 heterocycles. The number of benzene rings is 1. The Morgan fingerprint density at radius 2 is 1.96 bits per heavy atom. The van der Waals surface area contributed by atoms with Gasteiger partial charge in [0.05, 0.1) is 5.69 Å². The van der Waals surface area contributed by atoms with E-state index in [0.29, 0.717) is 6.54 Å². The fourth-order valence-electron chi connectivity index (χ4n) is 2.42. The Kier molecular flexibility index (Phi) is 5.45. The van der Waals surface area contributed by atoms with Gasteiger partial charge in [-0.05, 0) is 52.2 Å². The van der Waals surface area contributed by atoms with E-state index in [0.717, 1.165) is 22.1 Å². The first-order valence-electron chi connectivity index (χ1n) is 7.83. The van der Waals surface area contributed by atoms with E-state index >= 15 is 0 Å². The van der Waals surface area contributed by atoms with Gasteiger partial charge in [0.1, 0.15) is 6.54 Å². The first kappa shape index (κ1) is 17.2. The zero-order chi connectivity index (χ0) is 17.6. The fourth-order valence-corrected chi connectivity index (χ4v) is 2.80. The van der Waals surface area contributed by atoms with Crippen molar-refractivity contribution in [1.82, 2.24) is 19.7 Å². The van der Waals surface area contributed by atoms with Gasteiger partial charge in [0.2, 0.25) is 5.91 Å². The number of nitrogens with one attached hydrogen (secondary N) is 1. The van der Waals surface area contributed by atoms with Crippen molar-refractivity contribution in [3.63, 3.8) is 0 Å². The molecule has 6 nitrogen and oxygen atoms in total. The van der Waals surface area contributed by atoms with Crippen LogP contribution < -0.4 is 10.9 Å². The van der Waals surface area contributed by atoms with Crippen molar-refractivity contribution in [1.29, 1.82) is 0 Å². The lowest BCUT2D eigenvalue weighted by Crippen LogP contribution is -2.33. The van der Waals surface area contributed by atoms with Gasteiger partial charge in [-0.25, -0.2) is 4.68 Å². The van der Waals surface area contributed by atoms with Gasteiger partial charge >= 0.3 is 0 Å². The van der Waals surface area contributed by atoms with Gasteiger partial charge in [-0.1, -0.05) is 12.1 Å². The Morgan fingerprint density at radius 3 is 2.68 bits per heavy atom. The van der Waals surface area contributed by atoms with Crippen LogP contribution in [0.2, 0.25) is 0 Å². The van der Waals surface area contributed by atoms with Crippen molar-refractivity contribution in [3.8, 4) is 5.69 Å². The molecule has 0 fully saturated rings. The number of pyridine rings is 1. The lowest BCUT2D eigenvalue weighted by molar-refractivity contribution is -0.121. The summed E-state index contributed by atoms with van der Waals surface area (Å²) in [5.41, 5.74) is 1.91. The van der Waals surface area contributed by atoms with Crippen LogP contribution in [0.3, 0.4) is 0 Å². The van der Waals surface area contributed by atoms with Gasteiger partial charge in [-0.3, -0.25) is 9.59 Å². The van der Waals surface area contributed by atoms with Gasteiger partial charge in [0, 0.05) is 35.7 Å². The molecule has 0 unspecified atom stereocenters. The zero-order valence-corrected chi connectivity index (χ0v) is 15.0. The number of rotatable bonds is 6. The Labute approximate surface area is 153 Å². The van der Waals surface area contributed by atoms with Crippen LogP contribution in [0.5, 0.6) is 0 Å². The number of halogens is 1. The number of hydrogen-bond donors (Lipinski definition) is 1. The minimum Gasteiger partial charge on any atom is -0.354 e. The molecule has 2 aromatic heterocycles. The average Bonchev–Trinajstić information content (AvgIpc) is 3.13. The highest BCUT2D eigenvalue weighted by molar-refractivity contribution is 9.10. The molecule has 3 rings (SSSR count). The van der Waals surface area contributed by atoms with Gasteiger partial charge in [-0.2, -0.15) is 5.10 Å². The molecule has 25 heavy (non-hydrogen) atoms. The highest BCUT2D eigenvalue weighted by Gasteiger charge is 2.05. The molecule has 7 heteroatoms. The van der Waals surface area contributed by atoms with Crippen molar-refractivity contribution in [3.05, 3.63) is 81.4 Å². The maximum Gasteiger partial charge on any atom is 0.251 e. The molecule has 0 aliphatic heterocycles. The molecule has 0 aliphatic rings. The smallest absolute Gasteiger partial charge is 0.251 e. The molecule has 0 saturated carbocycles. The summed E-state index contributed by atoms with van der Waals surface area (Å²) < 4.78 is 3.93. The average molecular weight is 401 g/mol. The van der Waals surface area contributed by atoms with E-state index in [1.807, 2.05) is 36.5 Å².